The van der Waals surface area contributed by atoms with Gasteiger partial charge in [0.2, 0.25) is 0 Å². The van der Waals surface area contributed by atoms with Crippen LogP contribution in [-0.4, -0.2) is 11.1 Å². The Bertz CT molecular complexity index is 526. The van der Waals surface area contributed by atoms with Crippen LogP contribution in [0.1, 0.15) is 24.4 Å². The van der Waals surface area contributed by atoms with Crippen LogP contribution in [0.25, 0.3) is 10.9 Å². The molecule has 0 spiro atoms. The van der Waals surface area contributed by atoms with E-state index in [4.69, 9.17) is 5.73 Å². The van der Waals surface area contributed by atoms with Gasteiger partial charge >= 0.3 is 0 Å². The second-order valence-corrected chi connectivity index (χ2v) is 5.32. The minimum Gasteiger partial charge on any atom is -0.344 e. The van der Waals surface area contributed by atoms with Gasteiger partial charge in [-0.2, -0.15) is 0 Å². The molecular formula is C13H15BrN2. The first-order valence-electron chi connectivity index (χ1n) is 5.79. The summed E-state index contributed by atoms with van der Waals surface area (Å²) in [5, 5.41) is 1.35. The summed E-state index contributed by atoms with van der Waals surface area (Å²) < 4.78 is 3.61. The SMILES string of the molecule is NCCc1cn(C2CC2)c2cccc(Br)c12. The normalized spacial score (nSPS) is 15.9. The molecule has 0 aliphatic heterocycles. The fourth-order valence-corrected chi connectivity index (χ4v) is 2.96. The van der Waals surface area contributed by atoms with Crippen LogP contribution in [-0.2, 0) is 6.42 Å². The highest BCUT2D eigenvalue weighted by Crippen LogP contribution is 2.40. The maximum Gasteiger partial charge on any atom is 0.0497 e. The quantitative estimate of drug-likeness (QED) is 0.918. The molecule has 1 aliphatic carbocycles. The van der Waals surface area contributed by atoms with Crippen molar-refractivity contribution in [2.24, 2.45) is 5.73 Å². The third kappa shape index (κ3) is 1.59. The first-order valence-corrected chi connectivity index (χ1v) is 6.58. The van der Waals surface area contributed by atoms with Gasteiger partial charge in [0.05, 0.1) is 0 Å². The van der Waals surface area contributed by atoms with Gasteiger partial charge in [0.1, 0.15) is 0 Å². The molecule has 3 heteroatoms. The maximum atomic E-state index is 5.68. The number of hydrogen-bond acceptors (Lipinski definition) is 1. The van der Waals surface area contributed by atoms with Gasteiger partial charge < -0.3 is 10.3 Å². The second kappa shape index (κ2) is 3.90. The van der Waals surface area contributed by atoms with Gasteiger partial charge in [-0.1, -0.05) is 22.0 Å². The lowest BCUT2D eigenvalue weighted by molar-refractivity contribution is 0.770. The lowest BCUT2D eigenvalue weighted by Gasteiger charge is -2.02. The Kier molecular flexibility index (Phi) is 2.52. The molecule has 1 aliphatic rings. The molecule has 16 heavy (non-hydrogen) atoms. The van der Waals surface area contributed by atoms with E-state index in [1.807, 2.05) is 0 Å². The summed E-state index contributed by atoms with van der Waals surface area (Å²) in [5.74, 6) is 0. The summed E-state index contributed by atoms with van der Waals surface area (Å²) in [6.45, 7) is 0.713. The van der Waals surface area contributed by atoms with Crippen LogP contribution in [0.15, 0.2) is 28.9 Å². The topological polar surface area (TPSA) is 30.9 Å². The fraction of sp³-hybridized carbons (Fsp3) is 0.385. The minimum absolute atomic E-state index is 0.713. The zero-order valence-electron chi connectivity index (χ0n) is 9.12. The number of halogens is 1. The number of rotatable bonds is 3. The molecule has 1 aromatic heterocycles. The predicted octanol–water partition coefficient (Wildman–Crippen LogP) is 3.24. The molecule has 0 saturated heterocycles. The highest BCUT2D eigenvalue weighted by molar-refractivity contribution is 9.10. The number of benzene rings is 1. The van der Waals surface area contributed by atoms with E-state index in [-0.39, 0.29) is 0 Å². The van der Waals surface area contributed by atoms with Crippen LogP contribution in [0.3, 0.4) is 0 Å². The molecule has 1 fully saturated rings. The van der Waals surface area contributed by atoms with E-state index in [2.05, 4.69) is 44.9 Å². The molecule has 84 valence electrons. The Morgan fingerprint density at radius 3 is 2.88 bits per heavy atom. The van der Waals surface area contributed by atoms with E-state index in [1.165, 1.54) is 33.8 Å². The van der Waals surface area contributed by atoms with Crippen molar-refractivity contribution in [3.8, 4) is 0 Å². The Labute approximate surface area is 104 Å². The van der Waals surface area contributed by atoms with Crippen molar-refractivity contribution in [1.29, 1.82) is 0 Å². The number of fused-ring (bicyclic) bond motifs is 1. The van der Waals surface area contributed by atoms with Crippen molar-refractivity contribution in [2.45, 2.75) is 25.3 Å². The zero-order valence-corrected chi connectivity index (χ0v) is 10.7. The predicted molar refractivity (Wildman–Crippen MR) is 70.7 cm³/mol. The van der Waals surface area contributed by atoms with Gasteiger partial charge in [-0.15, -0.1) is 0 Å². The van der Waals surface area contributed by atoms with Crippen LogP contribution >= 0.6 is 15.9 Å². The summed E-state index contributed by atoms with van der Waals surface area (Å²) >= 11 is 3.65. The second-order valence-electron chi connectivity index (χ2n) is 4.47. The standard InChI is InChI=1S/C13H15BrN2/c14-11-2-1-3-12-13(11)9(6-7-15)8-16(12)10-4-5-10/h1-3,8,10H,4-7,15H2. The van der Waals surface area contributed by atoms with Gasteiger partial charge in [0.15, 0.2) is 0 Å². The smallest absolute Gasteiger partial charge is 0.0497 e. The lowest BCUT2D eigenvalue weighted by atomic mass is 10.1. The van der Waals surface area contributed by atoms with Crippen molar-refractivity contribution in [3.05, 3.63) is 34.4 Å². The molecule has 3 rings (SSSR count). The third-order valence-electron chi connectivity index (χ3n) is 3.24. The molecule has 1 saturated carbocycles. The van der Waals surface area contributed by atoms with Crippen molar-refractivity contribution < 1.29 is 0 Å². The summed E-state index contributed by atoms with van der Waals surface area (Å²) in [6.07, 6.45) is 5.88. The molecule has 1 aromatic carbocycles. The molecule has 2 nitrogen and oxygen atoms in total. The van der Waals surface area contributed by atoms with E-state index in [0.29, 0.717) is 6.54 Å². The third-order valence-corrected chi connectivity index (χ3v) is 3.90. The van der Waals surface area contributed by atoms with Crippen LogP contribution in [0.5, 0.6) is 0 Å². The van der Waals surface area contributed by atoms with Gasteiger partial charge in [-0.25, -0.2) is 0 Å². The maximum absolute atomic E-state index is 5.68. The van der Waals surface area contributed by atoms with Gasteiger partial charge in [-0.3, -0.25) is 0 Å². The van der Waals surface area contributed by atoms with Crippen molar-refractivity contribution in [1.82, 2.24) is 4.57 Å². The Morgan fingerprint density at radius 1 is 1.38 bits per heavy atom. The number of aromatic nitrogens is 1. The van der Waals surface area contributed by atoms with E-state index in [9.17, 15) is 0 Å². The Balaban J connectivity index is 2.24. The van der Waals surface area contributed by atoms with E-state index in [1.54, 1.807) is 0 Å². The zero-order chi connectivity index (χ0) is 11.1. The Hall–Kier alpha value is -0.800. The first-order chi connectivity index (χ1) is 7.81. The van der Waals surface area contributed by atoms with E-state index < -0.39 is 0 Å². The average molecular weight is 279 g/mol. The molecule has 0 bridgehead atoms. The summed E-state index contributed by atoms with van der Waals surface area (Å²) in [4.78, 5) is 0. The molecule has 2 aromatic rings. The van der Waals surface area contributed by atoms with Crippen molar-refractivity contribution >= 4 is 26.8 Å². The molecule has 0 atom stereocenters. The summed E-state index contributed by atoms with van der Waals surface area (Å²) in [7, 11) is 0. The van der Waals surface area contributed by atoms with Crippen LogP contribution in [0.4, 0.5) is 0 Å². The van der Waals surface area contributed by atoms with E-state index >= 15 is 0 Å². The highest BCUT2D eigenvalue weighted by Gasteiger charge is 2.25. The van der Waals surface area contributed by atoms with Crippen LogP contribution in [0.2, 0.25) is 0 Å². The lowest BCUT2D eigenvalue weighted by Crippen LogP contribution is -2.02. The fourth-order valence-electron chi connectivity index (χ4n) is 2.35. The number of nitrogens with two attached hydrogens (primary N) is 1. The molecular weight excluding hydrogens is 264 g/mol. The number of nitrogens with zero attached hydrogens (tertiary/aromatic N) is 1. The van der Waals surface area contributed by atoms with Gasteiger partial charge in [-0.05, 0) is 43.5 Å². The van der Waals surface area contributed by atoms with Crippen LogP contribution in [0, 0.1) is 0 Å². The molecule has 0 unspecified atom stereocenters. The van der Waals surface area contributed by atoms with Crippen LogP contribution < -0.4 is 5.73 Å². The molecule has 2 N–H and O–H groups in total. The highest BCUT2D eigenvalue weighted by atomic mass is 79.9. The van der Waals surface area contributed by atoms with Gasteiger partial charge in [0.25, 0.3) is 0 Å². The average Bonchev–Trinajstić information content (AvgIpc) is 3.04. The van der Waals surface area contributed by atoms with E-state index in [0.717, 1.165) is 12.5 Å². The van der Waals surface area contributed by atoms with Crippen molar-refractivity contribution in [2.75, 3.05) is 6.54 Å². The first kappa shape index (κ1) is 10.4. The number of hydrogen-bond donors (Lipinski definition) is 1. The summed E-state index contributed by atoms with van der Waals surface area (Å²) in [5.41, 5.74) is 8.40. The minimum atomic E-state index is 0.713. The molecule has 1 heterocycles. The van der Waals surface area contributed by atoms with Gasteiger partial charge in [0, 0.05) is 27.6 Å². The molecule has 0 radical (unpaired) electrons. The van der Waals surface area contributed by atoms with Crippen molar-refractivity contribution in [3.63, 3.8) is 0 Å². The Morgan fingerprint density at radius 2 is 2.19 bits per heavy atom. The molecule has 0 amide bonds. The summed E-state index contributed by atoms with van der Waals surface area (Å²) in [6, 6.07) is 7.15. The largest absolute Gasteiger partial charge is 0.344 e. The monoisotopic (exact) mass is 278 g/mol.